The van der Waals surface area contributed by atoms with Gasteiger partial charge in [-0.2, -0.15) is 14.7 Å². The molecule has 0 spiro atoms. The van der Waals surface area contributed by atoms with Crippen LogP contribution in [0, 0.1) is 0 Å². The number of aromatic amines is 1. The largest absolute Gasteiger partial charge is 0.381 e. The van der Waals surface area contributed by atoms with E-state index in [4.69, 9.17) is 9.72 Å². The minimum absolute atomic E-state index is 0.371. The molecule has 0 atom stereocenters. The van der Waals surface area contributed by atoms with Crippen molar-refractivity contribution in [1.29, 1.82) is 0 Å². The van der Waals surface area contributed by atoms with Gasteiger partial charge in [-0.05, 0) is 43.9 Å². The molecule has 1 N–H and O–H groups in total. The van der Waals surface area contributed by atoms with Crippen LogP contribution in [0.15, 0.2) is 61.2 Å². The van der Waals surface area contributed by atoms with Gasteiger partial charge in [0.05, 0.1) is 29.9 Å². The van der Waals surface area contributed by atoms with Crippen molar-refractivity contribution in [1.82, 2.24) is 29.4 Å². The third-order valence-corrected chi connectivity index (χ3v) is 6.49. The van der Waals surface area contributed by atoms with Gasteiger partial charge in [0.1, 0.15) is 5.65 Å². The van der Waals surface area contributed by atoms with Gasteiger partial charge in [-0.15, -0.1) is 0 Å². The number of rotatable bonds is 4. The van der Waals surface area contributed by atoms with Crippen LogP contribution in [-0.4, -0.2) is 42.6 Å². The standard InChI is InChI=1S/C24H24N6O/c1-31-19-9-7-16(8-10-19)22-20-11-12-25-23(20)30-24(28-22)21(14-27-30)17-13-26-29(15-17)18-5-3-2-4-6-18/h2-6,11-16,19,25H,7-10H2,1H3/t16-,19+. The summed E-state index contributed by atoms with van der Waals surface area (Å²) in [6.45, 7) is 0. The molecule has 156 valence electrons. The van der Waals surface area contributed by atoms with Crippen molar-refractivity contribution in [3.8, 4) is 16.8 Å². The second-order valence-electron chi connectivity index (χ2n) is 8.25. The Morgan fingerprint density at radius 3 is 2.65 bits per heavy atom. The van der Waals surface area contributed by atoms with Crippen LogP contribution in [0.5, 0.6) is 0 Å². The number of methoxy groups -OCH3 is 1. The van der Waals surface area contributed by atoms with Crippen LogP contribution in [0.2, 0.25) is 0 Å². The molecule has 4 heterocycles. The quantitative estimate of drug-likeness (QED) is 0.463. The predicted octanol–water partition coefficient (Wildman–Crippen LogP) is 4.74. The van der Waals surface area contributed by atoms with E-state index in [2.05, 4.69) is 21.2 Å². The minimum Gasteiger partial charge on any atom is -0.381 e. The Labute approximate surface area is 179 Å². The number of para-hydroxylation sites is 1. The molecule has 1 aliphatic rings. The number of aromatic nitrogens is 6. The molecule has 0 bridgehead atoms. The van der Waals surface area contributed by atoms with E-state index in [1.807, 2.05) is 71.4 Å². The van der Waals surface area contributed by atoms with E-state index in [0.29, 0.717) is 12.0 Å². The normalized spacial score (nSPS) is 19.4. The number of H-pyrrole nitrogens is 1. The van der Waals surface area contributed by atoms with E-state index >= 15 is 0 Å². The lowest BCUT2D eigenvalue weighted by molar-refractivity contribution is 0.0656. The fraction of sp³-hybridized carbons (Fsp3) is 0.292. The maximum atomic E-state index is 5.57. The van der Waals surface area contributed by atoms with Crippen LogP contribution in [0.4, 0.5) is 0 Å². The summed E-state index contributed by atoms with van der Waals surface area (Å²) in [6.07, 6.45) is 12.5. The number of benzene rings is 1. The van der Waals surface area contributed by atoms with Crippen molar-refractivity contribution in [2.45, 2.75) is 37.7 Å². The van der Waals surface area contributed by atoms with Crippen LogP contribution in [-0.2, 0) is 4.74 Å². The molecule has 4 aromatic heterocycles. The zero-order valence-electron chi connectivity index (χ0n) is 17.4. The van der Waals surface area contributed by atoms with Gasteiger partial charge in [-0.3, -0.25) is 0 Å². The third-order valence-electron chi connectivity index (χ3n) is 6.49. The number of hydrogen-bond donors (Lipinski definition) is 1. The van der Waals surface area contributed by atoms with Gasteiger partial charge >= 0.3 is 0 Å². The summed E-state index contributed by atoms with van der Waals surface area (Å²) in [6, 6.07) is 12.2. The molecule has 0 radical (unpaired) electrons. The molecule has 1 aromatic carbocycles. The van der Waals surface area contributed by atoms with E-state index in [0.717, 1.165) is 64.9 Å². The minimum atomic E-state index is 0.371. The fourth-order valence-corrected chi connectivity index (χ4v) is 4.80. The van der Waals surface area contributed by atoms with E-state index in [9.17, 15) is 0 Å². The maximum Gasteiger partial charge on any atom is 0.165 e. The molecule has 7 nitrogen and oxygen atoms in total. The molecular formula is C24H24N6O. The topological polar surface area (TPSA) is 73.0 Å². The molecule has 1 saturated carbocycles. The molecule has 0 saturated heterocycles. The van der Waals surface area contributed by atoms with Crippen LogP contribution in [0.1, 0.15) is 37.3 Å². The van der Waals surface area contributed by atoms with E-state index in [1.54, 1.807) is 0 Å². The number of fused-ring (bicyclic) bond motifs is 3. The highest BCUT2D eigenvalue weighted by molar-refractivity contribution is 5.86. The van der Waals surface area contributed by atoms with E-state index in [-0.39, 0.29) is 0 Å². The first-order valence-electron chi connectivity index (χ1n) is 10.8. The van der Waals surface area contributed by atoms with Crippen LogP contribution < -0.4 is 0 Å². The van der Waals surface area contributed by atoms with Gasteiger partial charge in [0.25, 0.3) is 0 Å². The number of nitrogens with one attached hydrogen (secondary N) is 1. The van der Waals surface area contributed by atoms with Crippen molar-refractivity contribution in [3.63, 3.8) is 0 Å². The fourth-order valence-electron chi connectivity index (χ4n) is 4.80. The molecular weight excluding hydrogens is 388 g/mol. The van der Waals surface area contributed by atoms with Gasteiger partial charge in [0.15, 0.2) is 5.65 Å². The summed E-state index contributed by atoms with van der Waals surface area (Å²) in [5.41, 5.74) is 6.05. The molecule has 6 rings (SSSR count). The van der Waals surface area contributed by atoms with Crippen molar-refractivity contribution >= 4 is 16.7 Å². The first kappa shape index (κ1) is 18.3. The highest BCUT2D eigenvalue weighted by Gasteiger charge is 2.26. The SMILES string of the molecule is CO[C@H]1CC[C@@H](c2nc3c(-c4cnn(-c5ccccc5)c4)cnn3c3[nH]ccc32)CC1. The second kappa shape index (κ2) is 7.35. The second-order valence-corrected chi connectivity index (χ2v) is 8.25. The monoisotopic (exact) mass is 412 g/mol. The summed E-state index contributed by atoms with van der Waals surface area (Å²) in [7, 11) is 1.81. The predicted molar refractivity (Wildman–Crippen MR) is 119 cm³/mol. The number of nitrogens with zero attached hydrogens (tertiary/aromatic N) is 5. The van der Waals surface area contributed by atoms with E-state index in [1.165, 1.54) is 0 Å². The lowest BCUT2D eigenvalue weighted by Gasteiger charge is -2.27. The molecule has 1 aliphatic carbocycles. The molecule has 31 heavy (non-hydrogen) atoms. The van der Waals surface area contributed by atoms with Crippen molar-refractivity contribution in [3.05, 3.63) is 66.9 Å². The van der Waals surface area contributed by atoms with E-state index < -0.39 is 0 Å². The lowest BCUT2D eigenvalue weighted by atomic mass is 9.84. The third kappa shape index (κ3) is 3.04. The first-order chi connectivity index (χ1) is 15.3. The molecule has 5 aromatic rings. The zero-order valence-corrected chi connectivity index (χ0v) is 17.4. The molecule has 1 fully saturated rings. The Kier molecular flexibility index (Phi) is 4.35. The summed E-state index contributed by atoms with van der Waals surface area (Å²) in [5, 5.41) is 10.4. The lowest BCUT2D eigenvalue weighted by Crippen LogP contribution is -2.20. The molecule has 0 amide bonds. The summed E-state index contributed by atoms with van der Waals surface area (Å²) < 4.78 is 9.37. The highest BCUT2D eigenvalue weighted by atomic mass is 16.5. The van der Waals surface area contributed by atoms with Gasteiger partial charge in [0, 0.05) is 41.9 Å². The Morgan fingerprint density at radius 2 is 1.84 bits per heavy atom. The maximum absolute atomic E-state index is 5.57. The summed E-state index contributed by atoms with van der Waals surface area (Å²) in [5.74, 6) is 0.435. The van der Waals surface area contributed by atoms with Crippen LogP contribution >= 0.6 is 0 Å². The first-order valence-corrected chi connectivity index (χ1v) is 10.8. The summed E-state index contributed by atoms with van der Waals surface area (Å²) in [4.78, 5) is 8.54. The van der Waals surface area contributed by atoms with Crippen LogP contribution in [0.25, 0.3) is 33.5 Å². The molecule has 0 aliphatic heterocycles. The Morgan fingerprint density at radius 1 is 1.00 bits per heavy atom. The van der Waals surface area contributed by atoms with Gasteiger partial charge in [-0.25, -0.2) is 9.67 Å². The smallest absolute Gasteiger partial charge is 0.165 e. The Hall–Kier alpha value is -3.45. The zero-order chi connectivity index (χ0) is 20.8. The van der Waals surface area contributed by atoms with Gasteiger partial charge in [0.2, 0.25) is 0 Å². The molecule has 0 unspecified atom stereocenters. The highest BCUT2D eigenvalue weighted by Crippen LogP contribution is 2.37. The average molecular weight is 412 g/mol. The van der Waals surface area contributed by atoms with Gasteiger partial charge in [-0.1, -0.05) is 18.2 Å². The Bertz CT molecular complexity index is 1340. The van der Waals surface area contributed by atoms with Crippen LogP contribution in [0.3, 0.4) is 0 Å². The number of hydrogen-bond acceptors (Lipinski definition) is 4. The Balaban J connectivity index is 1.45. The van der Waals surface area contributed by atoms with Crippen molar-refractivity contribution < 1.29 is 4.74 Å². The van der Waals surface area contributed by atoms with Gasteiger partial charge < -0.3 is 9.72 Å². The average Bonchev–Trinajstić information content (AvgIpc) is 3.58. The van der Waals surface area contributed by atoms with Crippen molar-refractivity contribution in [2.24, 2.45) is 0 Å². The molecule has 7 heteroatoms. The van der Waals surface area contributed by atoms with Crippen molar-refractivity contribution in [2.75, 3.05) is 7.11 Å². The summed E-state index contributed by atoms with van der Waals surface area (Å²) >= 11 is 0. The number of ether oxygens (including phenoxy) is 1.